The summed E-state index contributed by atoms with van der Waals surface area (Å²) in [6, 6.07) is 8.32. The summed E-state index contributed by atoms with van der Waals surface area (Å²) in [5.41, 5.74) is 0.539. The Morgan fingerprint density at radius 1 is 1.23 bits per heavy atom. The second-order valence-electron chi connectivity index (χ2n) is 7.34. The molecular weight excluding hydrogens is 418 g/mol. The molecular formula is C22H25N3O5S. The van der Waals surface area contributed by atoms with E-state index < -0.39 is 35.9 Å². The molecule has 1 atom stereocenters. The summed E-state index contributed by atoms with van der Waals surface area (Å²) >= 11 is 1.26. The van der Waals surface area contributed by atoms with Crippen molar-refractivity contribution in [3.8, 4) is 0 Å². The average molecular weight is 444 g/mol. The van der Waals surface area contributed by atoms with Crippen LogP contribution in [0.2, 0.25) is 0 Å². The van der Waals surface area contributed by atoms with Gasteiger partial charge in [-0.15, -0.1) is 11.3 Å². The molecule has 164 valence electrons. The molecule has 2 N–H and O–H groups in total. The van der Waals surface area contributed by atoms with Crippen LogP contribution in [0.15, 0.2) is 30.3 Å². The van der Waals surface area contributed by atoms with Crippen LogP contribution < -0.4 is 10.6 Å². The van der Waals surface area contributed by atoms with E-state index in [1.165, 1.54) is 11.3 Å². The monoisotopic (exact) mass is 443 g/mol. The lowest BCUT2D eigenvalue weighted by atomic mass is 9.88. The summed E-state index contributed by atoms with van der Waals surface area (Å²) in [5.74, 6) is -1.61. The molecule has 1 unspecified atom stereocenters. The minimum atomic E-state index is -1.25. The number of benzene rings is 1. The number of rotatable bonds is 7. The van der Waals surface area contributed by atoms with Gasteiger partial charge in [-0.25, -0.2) is 9.59 Å². The highest BCUT2D eigenvalue weighted by Crippen LogP contribution is 2.32. The van der Waals surface area contributed by atoms with Gasteiger partial charge in [0.25, 0.3) is 5.91 Å². The standard InChI is InChI=1S/C22H25N3O5S/c1-5-14-11-15(19(27)30-6-2)18(31-14)23-17(26)12-25-20(28)22(4,24-21(25)29)16-10-8-7-9-13(16)3/h7-11H,5-6,12H2,1-4H3,(H,23,26)(H,24,29). The Hall–Kier alpha value is -3.20. The number of esters is 1. The number of nitrogens with one attached hydrogen (secondary N) is 2. The number of thiophene rings is 1. The quantitative estimate of drug-likeness (QED) is 0.505. The fourth-order valence-corrected chi connectivity index (χ4v) is 4.54. The summed E-state index contributed by atoms with van der Waals surface area (Å²) in [5, 5.41) is 5.70. The van der Waals surface area contributed by atoms with Crippen LogP contribution in [0, 0.1) is 6.92 Å². The number of amides is 4. The van der Waals surface area contributed by atoms with Crippen molar-refractivity contribution in [2.45, 2.75) is 39.7 Å². The molecule has 31 heavy (non-hydrogen) atoms. The normalized spacial score (nSPS) is 18.1. The lowest BCUT2D eigenvalue weighted by Gasteiger charge is -2.24. The Bertz CT molecular complexity index is 1050. The molecule has 3 rings (SSSR count). The van der Waals surface area contributed by atoms with Gasteiger partial charge in [0.05, 0.1) is 12.2 Å². The highest BCUT2D eigenvalue weighted by Gasteiger charge is 2.50. The third-order valence-corrected chi connectivity index (χ3v) is 6.34. The molecule has 1 aliphatic heterocycles. The fourth-order valence-electron chi connectivity index (χ4n) is 3.54. The molecule has 0 saturated carbocycles. The van der Waals surface area contributed by atoms with E-state index in [9.17, 15) is 19.2 Å². The molecule has 4 amide bonds. The number of anilines is 1. The number of urea groups is 1. The van der Waals surface area contributed by atoms with Crippen LogP contribution in [0.3, 0.4) is 0 Å². The van der Waals surface area contributed by atoms with Crippen LogP contribution in [-0.2, 0) is 26.3 Å². The first kappa shape index (κ1) is 22.5. The molecule has 1 saturated heterocycles. The maximum absolute atomic E-state index is 13.1. The van der Waals surface area contributed by atoms with Crippen LogP contribution in [0.1, 0.15) is 47.1 Å². The SMILES string of the molecule is CCOC(=O)c1cc(CC)sc1NC(=O)CN1C(=O)NC(C)(c2ccccc2C)C1=O. The van der Waals surface area contributed by atoms with Crippen LogP contribution in [0.4, 0.5) is 9.80 Å². The topological polar surface area (TPSA) is 105 Å². The minimum Gasteiger partial charge on any atom is -0.462 e. The van der Waals surface area contributed by atoms with Crippen molar-refractivity contribution in [1.29, 1.82) is 0 Å². The van der Waals surface area contributed by atoms with Crippen LogP contribution in [0.25, 0.3) is 0 Å². The summed E-state index contributed by atoms with van der Waals surface area (Å²) in [6.45, 7) is 6.86. The third kappa shape index (κ3) is 4.32. The molecule has 1 aliphatic rings. The van der Waals surface area contributed by atoms with Crippen molar-refractivity contribution in [3.05, 3.63) is 51.9 Å². The maximum Gasteiger partial charge on any atom is 0.341 e. The lowest BCUT2D eigenvalue weighted by Crippen LogP contribution is -2.42. The summed E-state index contributed by atoms with van der Waals surface area (Å²) < 4.78 is 5.05. The number of ether oxygens (including phenoxy) is 1. The summed E-state index contributed by atoms with van der Waals surface area (Å²) in [7, 11) is 0. The molecule has 0 bridgehead atoms. The van der Waals surface area contributed by atoms with E-state index in [1.54, 1.807) is 32.0 Å². The number of aryl methyl sites for hydroxylation is 2. The Balaban J connectivity index is 1.78. The molecule has 0 aliphatic carbocycles. The van der Waals surface area contributed by atoms with Gasteiger partial charge in [0.2, 0.25) is 5.91 Å². The number of nitrogens with zero attached hydrogens (tertiary/aromatic N) is 1. The van der Waals surface area contributed by atoms with E-state index in [-0.39, 0.29) is 12.2 Å². The highest BCUT2D eigenvalue weighted by atomic mass is 32.1. The first-order chi connectivity index (χ1) is 14.7. The van der Waals surface area contributed by atoms with Crippen molar-refractivity contribution in [3.63, 3.8) is 0 Å². The molecule has 2 heterocycles. The number of imide groups is 1. The second-order valence-corrected chi connectivity index (χ2v) is 8.48. The molecule has 1 aromatic carbocycles. The fraction of sp³-hybridized carbons (Fsp3) is 0.364. The average Bonchev–Trinajstić information content (AvgIpc) is 3.23. The maximum atomic E-state index is 13.1. The van der Waals surface area contributed by atoms with Crippen molar-refractivity contribution in [2.24, 2.45) is 0 Å². The Kier molecular flexibility index (Phi) is 6.45. The van der Waals surface area contributed by atoms with Gasteiger partial charge in [-0.2, -0.15) is 0 Å². The number of hydrogen-bond acceptors (Lipinski definition) is 6. The smallest absolute Gasteiger partial charge is 0.341 e. The van der Waals surface area contributed by atoms with E-state index >= 15 is 0 Å². The van der Waals surface area contributed by atoms with Gasteiger partial charge >= 0.3 is 12.0 Å². The van der Waals surface area contributed by atoms with Gasteiger partial charge in [-0.3, -0.25) is 14.5 Å². The van der Waals surface area contributed by atoms with Crippen LogP contribution in [0.5, 0.6) is 0 Å². The van der Waals surface area contributed by atoms with Crippen LogP contribution >= 0.6 is 11.3 Å². The van der Waals surface area contributed by atoms with Gasteiger partial charge < -0.3 is 15.4 Å². The highest BCUT2D eigenvalue weighted by molar-refractivity contribution is 7.16. The number of carbonyl (C=O) groups excluding carboxylic acids is 4. The summed E-state index contributed by atoms with van der Waals surface area (Å²) in [4.78, 5) is 52.3. The Morgan fingerprint density at radius 3 is 2.58 bits per heavy atom. The lowest BCUT2D eigenvalue weighted by molar-refractivity contribution is -0.133. The molecule has 8 nitrogen and oxygen atoms in total. The number of carbonyl (C=O) groups is 4. The van der Waals surface area contributed by atoms with E-state index in [1.807, 2.05) is 26.0 Å². The third-order valence-electron chi connectivity index (χ3n) is 5.14. The molecule has 9 heteroatoms. The predicted molar refractivity (Wildman–Crippen MR) is 117 cm³/mol. The first-order valence-corrected chi connectivity index (χ1v) is 10.8. The van der Waals surface area contributed by atoms with E-state index in [4.69, 9.17) is 4.74 Å². The summed E-state index contributed by atoms with van der Waals surface area (Å²) in [6.07, 6.45) is 0.689. The van der Waals surface area contributed by atoms with Gasteiger partial charge in [-0.05, 0) is 44.4 Å². The van der Waals surface area contributed by atoms with Crippen molar-refractivity contribution < 1.29 is 23.9 Å². The predicted octanol–water partition coefficient (Wildman–Crippen LogP) is 3.20. The van der Waals surface area contributed by atoms with Gasteiger partial charge in [0.1, 0.15) is 17.1 Å². The van der Waals surface area contributed by atoms with Crippen molar-refractivity contribution in [1.82, 2.24) is 10.2 Å². The van der Waals surface area contributed by atoms with Gasteiger partial charge in [0.15, 0.2) is 0 Å². The van der Waals surface area contributed by atoms with Gasteiger partial charge in [0, 0.05) is 4.88 Å². The zero-order valence-corrected chi connectivity index (χ0v) is 18.7. The van der Waals surface area contributed by atoms with Crippen LogP contribution in [-0.4, -0.2) is 41.9 Å². The first-order valence-electron chi connectivity index (χ1n) is 10.0. The number of hydrogen-bond donors (Lipinski definition) is 2. The molecule has 1 aromatic heterocycles. The molecule has 0 spiro atoms. The van der Waals surface area contributed by atoms with E-state index in [0.29, 0.717) is 17.0 Å². The second kappa shape index (κ2) is 8.89. The molecule has 0 radical (unpaired) electrons. The molecule has 2 aromatic rings. The zero-order valence-electron chi connectivity index (χ0n) is 17.9. The zero-order chi connectivity index (χ0) is 22.8. The van der Waals surface area contributed by atoms with E-state index in [2.05, 4.69) is 10.6 Å². The minimum absolute atomic E-state index is 0.212. The van der Waals surface area contributed by atoms with Crippen molar-refractivity contribution in [2.75, 3.05) is 18.5 Å². The molecule has 1 fully saturated rings. The Morgan fingerprint density at radius 2 is 1.94 bits per heavy atom. The largest absolute Gasteiger partial charge is 0.462 e. The van der Waals surface area contributed by atoms with Gasteiger partial charge in [-0.1, -0.05) is 31.2 Å². The Labute approximate surface area is 184 Å². The van der Waals surface area contributed by atoms with E-state index in [0.717, 1.165) is 15.3 Å². The van der Waals surface area contributed by atoms with Crippen molar-refractivity contribution >= 4 is 40.2 Å².